The molecular formula is C11H16N2O2S2. The minimum Gasteiger partial charge on any atom is -0.383 e. The molecular weight excluding hydrogens is 256 g/mol. The summed E-state index contributed by atoms with van der Waals surface area (Å²) in [7, 11) is -3.67. The van der Waals surface area contributed by atoms with E-state index in [9.17, 15) is 8.42 Å². The molecule has 0 aliphatic heterocycles. The van der Waals surface area contributed by atoms with Crippen LogP contribution in [0.4, 0.5) is 5.69 Å². The molecule has 0 atom stereocenters. The summed E-state index contributed by atoms with van der Waals surface area (Å²) in [5.41, 5.74) is 0.550. The summed E-state index contributed by atoms with van der Waals surface area (Å²) < 4.78 is 22.6. The van der Waals surface area contributed by atoms with Crippen LogP contribution in [0, 0.1) is 0 Å². The van der Waals surface area contributed by atoms with Gasteiger partial charge in [0.2, 0.25) is 10.0 Å². The highest BCUT2D eigenvalue weighted by Crippen LogP contribution is 2.19. The molecule has 6 heteroatoms. The van der Waals surface area contributed by atoms with Crippen molar-refractivity contribution >= 4 is 27.5 Å². The summed E-state index contributed by atoms with van der Waals surface area (Å²) in [5, 5.41) is 8.19. The Kier molecular flexibility index (Phi) is 5.54. The van der Waals surface area contributed by atoms with Gasteiger partial charge >= 0.3 is 0 Å². The zero-order valence-corrected chi connectivity index (χ0v) is 11.1. The molecule has 0 aliphatic rings. The molecule has 0 unspecified atom stereocenters. The van der Waals surface area contributed by atoms with Crippen molar-refractivity contribution in [3.63, 3.8) is 0 Å². The van der Waals surface area contributed by atoms with Crippen LogP contribution in [0.15, 0.2) is 41.8 Å². The second kappa shape index (κ2) is 6.68. The van der Waals surface area contributed by atoms with E-state index < -0.39 is 10.0 Å². The Morgan fingerprint density at radius 1 is 1.41 bits per heavy atom. The van der Waals surface area contributed by atoms with E-state index in [1.165, 1.54) is 6.07 Å². The number of rotatable bonds is 7. The molecule has 1 aromatic carbocycles. The van der Waals surface area contributed by atoms with E-state index in [-0.39, 0.29) is 4.90 Å². The average Bonchev–Trinajstić information content (AvgIpc) is 2.28. The predicted molar refractivity (Wildman–Crippen MR) is 73.8 cm³/mol. The van der Waals surface area contributed by atoms with Gasteiger partial charge in [-0.1, -0.05) is 18.2 Å². The third-order valence-corrected chi connectivity index (χ3v) is 3.92. The summed E-state index contributed by atoms with van der Waals surface area (Å²) in [5.74, 6) is 1.77. The first-order valence-corrected chi connectivity index (χ1v) is 7.80. The summed E-state index contributed by atoms with van der Waals surface area (Å²) in [6.07, 6.45) is 1.84. The summed E-state index contributed by atoms with van der Waals surface area (Å²) in [4.78, 5) is 0.133. The largest absolute Gasteiger partial charge is 0.383 e. The highest BCUT2D eigenvalue weighted by Gasteiger charge is 2.12. The van der Waals surface area contributed by atoms with Crippen LogP contribution < -0.4 is 10.5 Å². The Bertz CT molecular complexity index is 472. The van der Waals surface area contributed by atoms with E-state index in [0.29, 0.717) is 12.2 Å². The minimum atomic E-state index is -3.67. The molecule has 0 fully saturated rings. The molecule has 0 amide bonds. The molecule has 1 rings (SSSR count). The number of benzene rings is 1. The maximum atomic E-state index is 11.3. The first-order valence-electron chi connectivity index (χ1n) is 5.10. The Morgan fingerprint density at radius 2 is 2.12 bits per heavy atom. The number of para-hydroxylation sites is 1. The molecule has 4 nitrogen and oxygen atoms in total. The number of primary sulfonamides is 1. The second-order valence-electron chi connectivity index (χ2n) is 3.33. The Labute approximate surface area is 106 Å². The lowest BCUT2D eigenvalue weighted by Gasteiger charge is -2.09. The monoisotopic (exact) mass is 272 g/mol. The lowest BCUT2D eigenvalue weighted by molar-refractivity contribution is 0.598. The highest BCUT2D eigenvalue weighted by atomic mass is 32.2. The number of nitrogens with one attached hydrogen (secondary N) is 1. The van der Waals surface area contributed by atoms with Crippen molar-refractivity contribution in [3.8, 4) is 0 Å². The summed E-state index contributed by atoms with van der Waals surface area (Å²) >= 11 is 1.72. The number of hydrogen-bond donors (Lipinski definition) is 2. The standard InChI is InChI=1S/C11H16N2O2S2/c1-2-8-16-9-7-13-10-5-3-4-6-11(10)17(12,14)15/h2-6,13H,1,7-9H2,(H2,12,14,15). The molecule has 0 radical (unpaired) electrons. The molecule has 1 aromatic rings. The molecule has 0 saturated carbocycles. The van der Waals surface area contributed by atoms with Crippen molar-refractivity contribution in [3.05, 3.63) is 36.9 Å². The van der Waals surface area contributed by atoms with E-state index in [0.717, 1.165) is 11.5 Å². The van der Waals surface area contributed by atoms with Gasteiger partial charge in [-0.2, -0.15) is 11.8 Å². The van der Waals surface area contributed by atoms with Crippen molar-refractivity contribution < 1.29 is 8.42 Å². The predicted octanol–water partition coefficient (Wildman–Crippen LogP) is 1.67. The Balaban J connectivity index is 2.62. The summed E-state index contributed by atoms with van der Waals surface area (Å²) in [6.45, 7) is 4.31. The Hall–Kier alpha value is -0.980. The van der Waals surface area contributed by atoms with Gasteiger partial charge in [-0.25, -0.2) is 13.6 Å². The molecule has 17 heavy (non-hydrogen) atoms. The van der Waals surface area contributed by atoms with Gasteiger partial charge in [0.25, 0.3) is 0 Å². The smallest absolute Gasteiger partial charge is 0.240 e. The van der Waals surface area contributed by atoms with Gasteiger partial charge in [-0.05, 0) is 12.1 Å². The zero-order valence-electron chi connectivity index (χ0n) is 9.43. The maximum Gasteiger partial charge on any atom is 0.240 e. The first-order chi connectivity index (χ1) is 8.05. The fraction of sp³-hybridized carbons (Fsp3) is 0.273. The normalized spacial score (nSPS) is 11.1. The van der Waals surface area contributed by atoms with Gasteiger partial charge in [-0.3, -0.25) is 0 Å². The molecule has 0 aromatic heterocycles. The highest BCUT2D eigenvalue weighted by molar-refractivity contribution is 7.99. The maximum absolute atomic E-state index is 11.3. The lowest BCUT2D eigenvalue weighted by Crippen LogP contribution is -2.15. The van der Waals surface area contributed by atoms with Crippen molar-refractivity contribution in [2.45, 2.75) is 4.90 Å². The van der Waals surface area contributed by atoms with E-state index in [1.807, 2.05) is 6.08 Å². The number of hydrogen-bond acceptors (Lipinski definition) is 4. The molecule has 3 N–H and O–H groups in total. The van der Waals surface area contributed by atoms with Crippen LogP contribution in [-0.4, -0.2) is 26.5 Å². The summed E-state index contributed by atoms with van der Waals surface area (Å²) in [6, 6.07) is 6.62. The van der Waals surface area contributed by atoms with Crippen molar-refractivity contribution in [1.29, 1.82) is 0 Å². The van der Waals surface area contributed by atoms with Gasteiger partial charge in [-0.15, -0.1) is 6.58 Å². The molecule has 0 saturated heterocycles. The van der Waals surface area contributed by atoms with E-state index in [4.69, 9.17) is 5.14 Å². The minimum absolute atomic E-state index is 0.133. The van der Waals surface area contributed by atoms with Gasteiger partial charge < -0.3 is 5.32 Å². The van der Waals surface area contributed by atoms with Gasteiger partial charge in [0.05, 0.1) is 5.69 Å². The zero-order chi connectivity index (χ0) is 12.7. The van der Waals surface area contributed by atoms with Crippen molar-refractivity contribution in [2.24, 2.45) is 5.14 Å². The van der Waals surface area contributed by atoms with E-state index in [2.05, 4.69) is 11.9 Å². The molecule has 94 valence electrons. The van der Waals surface area contributed by atoms with Crippen LogP contribution in [-0.2, 0) is 10.0 Å². The Morgan fingerprint density at radius 3 is 2.76 bits per heavy atom. The molecule has 0 heterocycles. The number of sulfonamides is 1. The number of anilines is 1. The van der Waals surface area contributed by atoms with Crippen LogP contribution in [0.3, 0.4) is 0 Å². The van der Waals surface area contributed by atoms with Gasteiger partial charge in [0.1, 0.15) is 4.90 Å². The molecule has 0 bridgehead atoms. The second-order valence-corrected chi connectivity index (χ2v) is 6.01. The van der Waals surface area contributed by atoms with Crippen LogP contribution >= 0.6 is 11.8 Å². The molecule has 0 spiro atoms. The van der Waals surface area contributed by atoms with Gasteiger partial charge in [0.15, 0.2) is 0 Å². The SMILES string of the molecule is C=CCSCCNc1ccccc1S(N)(=O)=O. The topological polar surface area (TPSA) is 72.2 Å². The van der Waals surface area contributed by atoms with Gasteiger partial charge in [0, 0.05) is 18.1 Å². The number of thioether (sulfide) groups is 1. The van der Waals surface area contributed by atoms with Crippen molar-refractivity contribution in [2.75, 3.05) is 23.4 Å². The third-order valence-electron chi connectivity index (χ3n) is 1.99. The average molecular weight is 272 g/mol. The van der Waals surface area contributed by atoms with Crippen LogP contribution in [0.5, 0.6) is 0 Å². The van der Waals surface area contributed by atoms with Crippen LogP contribution in [0.25, 0.3) is 0 Å². The third kappa shape index (κ3) is 4.80. The first kappa shape index (κ1) is 14.1. The number of nitrogens with two attached hydrogens (primary N) is 1. The van der Waals surface area contributed by atoms with Crippen LogP contribution in [0.1, 0.15) is 0 Å². The van der Waals surface area contributed by atoms with E-state index >= 15 is 0 Å². The quantitative estimate of drug-likeness (QED) is 0.585. The van der Waals surface area contributed by atoms with Crippen molar-refractivity contribution in [1.82, 2.24) is 0 Å². The van der Waals surface area contributed by atoms with Crippen LogP contribution in [0.2, 0.25) is 0 Å². The van der Waals surface area contributed by atoms with E-state index in [1.54, 1.807) is 30.0 Å². The molecule has 0 aliphatic carbocycles. The lowest BCUT2D eigenvalue weighted by atomic mass is 10.3. The fourth-order valence-corrected chi connectivity index (χ4v) is 2.58. The fourth-order valence-electron chi connectivity index (χ4n) is 1.29.